The molecular formula is C21H20F2N4O. The third-order valence-corrected chi connectivity index (χ3v) is 5.67. The Morgan fingerprint density at radius 3 is 2.46 bits per heavy atom. The van der Waals surface area contributed by atoms with Gasteiger partial charge in [0.05, 0.1) is 23.0 Å². The number of rotatable bonds is 3. The molecule has 2 aromatic rings. The van der Waals surface area contributed by atoms with Crippen molar-refractivity contribution < 1.29 is 13.9 Å². The Bertz CT molecular complexity index is 969. The first-order valence-corrected chi connectivity index (χ1v) is 9.40. The summed E-state index contributed by atoms with van der Waals surface area (Å²) in [4.78, 5) is 4.53. The quantitative estimate of drug-likeness (QED) is 0.853. The maximum Gasteiger partial charge on any atom is 0.187 e. The number of pyridine rings is 1. The number of phenolic OH excluding ortho intramolecular Hbond substituents is 1. The number of aryl methyl sites for hydroxylation is 1. The lowest BCUT2D eigenvalue weighted by Gasteiger charge is -2.27. The molecule has 1 unspecified atom stereocenters. The molecule has 1 aliphatic carbocycles. The highest BCUT2D eigenvalue weighted by atomic mass is 19.1. The van der Waals surface area contributed by atoms with Crippen molar-refractivity contribution in [3.8, 4) is 11.8 Å². The largest absolute Gasteiger partial charge is 0.503 e. The lowest BCUT2D eigenvalue weighted by molar-refractivity contribution is 0.396. The number of nitrogens with zero attached hydrogens (tertiary/aromatic N) is 4. The smallest absolute Gasteiger partial charge is 0.187 e. The van der Waals surface area contributed by atoms with E-state index in [1.54, 1.807) is 19.1 Å². The highest BCUT2D eigenvalue weighted by molar-refractivity contribution is 6.03. The molecule has 0 saturated heterocycles. The number of anilines is 1. The van der Waals surface area contributed by atoms with Gasteiger partial charge >= 0.3 is 0 Å². The summed E-state index contributed by atoms with van der Waals surface area (Å²) < 4.78 is 27.7. The van der Waals surface area contributed by atoms with E-state index in [9.17, 15) is 13.9 Å². The molecule has 5 nitrogen and oxygen atoms in total. The molecule has 1 saturated carbocycles. The molecule has 1 aromatic carbocycles. The molecule has 1 aromatic heterocycles. The average Bonchev–Trinajstić information content (AvgIpc) is 3.35. The fraction of sp³-hybridized carbons (Fsp3) is 0.381. The first-order valence-electron chi connectivity index (χ1n) is 9.40. The number of hydrogen-bond donors (Lipinski definition) is 1. The summed E-state index contributed by atoms with van der Waals surface area (Å²) in [6, 6.07) is 7.87. The maximum absolute atomic E-state index is 13.8. The predicted octanol–water partition coefficient (Wildman–Crippen LogP) is 4.42. The van der Waals surface area contributed by atoms with Gasteiger partial charge in [-0.25, -0.2) is 18.8 Å². The van der Waals surface area contributed by atoms with Gasteiger partial charge < -0.3 is 5.11 Å². The number of halogens is 2. The zero-order valence-electron chi connectivity index (χ0n) is 15.5. The van der Waals surface area contributed by atoms with Gasteiger partial charge in [-0.05, 0) is 49.9 Å². The van der Waals surface area contributed by atoms with Crippen LogP contribution in [0.4, 0.5) is 14.6 Å². The molecule has 2 aliphatic rings. The third kappa shape index (κ3) is 3.19. The number of hydrogen-bond acceptors (Lipinski definition) is 5. The van der Waals surface area contributed by atoms with Crippen LogP contribution < -0.4 is 5.01 Å². The van der Waals surface area contributed by atoms with E-state index in [1.807, 2.05) is 5.01 Å². The third-order valence-electron chi connectivity index (χ3n) is 5.67. The summed E-state index contributed by atoms with van der Waals surface area (Å²) in [5.74, 6) is -1.92. The summed E-state index contributed by atoms with van der Waals surface area (Å²) in [6.07, 6.45) is 5.03. The van der Waals surface area contributed by atoms with Crippen LogP contribution in [0.15, 0.2) is 29.4 Å². The van der Waals surface area contributed by atoms with E-state index in [0.29, 0.717) is 40.7 Å². The van der Waals surface area contributed by atoms with E-state index in [-0.39, 0.29) is 6.04 Å². The van der Waals surface area contributed by atoms with Crippen molar-refractivity contribution in [3.63, 3.8) is 0 Å². The zero-order valence-corrected chi connectivity index (χ0v) is 15.5. The Morgan fingerprint density at radius 2 is 1.86 bits per heavy atom. The molecule has 1 fully saturated rings. The van der Waals surface area contributed by atoms with Crippen molar-refractivity contribution >= 4 is 11.5 Å². The van der Waals surface area contributed by atoms with E-state index in [1.165, 1.54) is 0 Å². The molecule has 0 bridgehead atoms. The Morgan fingerprint density at radius 1 is 1.18 bits per heavy atom. The van der Waals surface area contributed by atoms with Crippen LogP contribution in [-0.4, -0.2) is 21.8 Å². The second-order valence-corrected chi connectivity index (χ2v) is 7.41. The molecule has 0 amide bonds. The fourth-order valence-electron chi connectivity index (χ4n) is 4.16. The van der Waals surface area contributed by atoms with E-state index in [4.69, 9.17) is 5.26 Å². The molecule has 1 aliphatic heterocycles. The average molecular weight is 382 g/mol. The lowest BCUT2D eigenvalue weighted by Crippen LogP contribution is -2.33. The van der Waals surface area contributed by atoms with Gasteiger partial charge in [-0.3, -0.25) is 0 Å². The molecule has 7 heteroatoms. The Kier molecular flexibility index (Phi) is 4.71. The molecule has 1 atom stereocenters. The molecule has 144 valence electrons. The standard InChI is InChI=1S/C21H20F2N4O/c1-12-14(11-24)6-7-20(25-12)27-19(13-4-2-3-5-13)10-18(26-27)15-8-16(22)21(28)17(23)9-15/h6-9,13,19,28H,2-5,10H2,1H3. The normalized spacial score (nSPS) is 19.7. The van der Waals surface area contributed by atoms with Crippen molar-refractivity contribution in [1.82, 2.24) is 4.98 Å². The fourth-order valence-corrected chi connectivity index (χ4v) is 4.16. The van der Waals surface area contributed by atoms with Gasteiger partial charge in [-0.15, -0.1) is 0 Å². The van der Waals surface area contributed by atoms with Crippen LogP contribution in [0, 0.1) is 35.8 Å². The number of phenols is 1. The number of aromatic hydroxyl groups is 1. The van der Waals surface area contributed by atoms with E-state index < -0.39 is 17.4 Å². The molecule has 0 spiro atoms. The second kappa shape index (κ2) is 7.19. The summed E-state index contributed by atoms with van der Waals surface area (Å²) in [5, 5.41) is 25.0. The Hall–Kier alpha value is -3.01. The minimum Gasteiger partial charge on any atom is -0.503 e. The topological polar surface area (TPSA) is 72.5 Å². The predicted molar refractivity (Wildman–Crippen MR) is 101 cm³/mol. The summed E-state index contributed by atoms with van der Waals surface area (Å²) in [6.45, 7) is 1.78. The monoisotopic (exact) mass is 382 g/mol. The number of benzene rings is 1. The highest BCUT2D eigenvalue weighted by Gasteiger charge is 2.37. The van der Waals surface area contributed by atoms with Crippen LogP contribution in [0.2, 0.25) is 0 Å². The first-order chi connectivity index (χ1) is 13.5. The van der Waals surface area contributed by atoms with Crippen LogP contribution in [0.25, 0.3) is 0 Å². The molecule has 0 radical (unpaired) electrons. The van der Waals surface area contributed by atoms with Crippen molar-refractivity contribution in [1.29, 1.82) is 5.26 Å². The Labute approximate surface area is 161 Å². The van der Waals surface area contributed by atoms with Crippen molar-refractivity contribution in [2.24, 2.45) is 11.0 Å². The van der Waals surface area contributed by atoms with Gasteiger partial charge in [-0.2, -0.15) is 10.4 Å². The number of aromatic nitrogens is 1. The maximum atomic E-state index is 13.8. The number of hydrazone groups is 1. The SMILES string of the molecule is Cc1nc(N2N=C(c3cc(F)c(O)c(F)c3)CC2C2CCCC2)ccc1C#N. The van der Waals surface area contributed by atoms with Gasteiger partial charge in [0.1, 0.15) is 11.9 Å². The first kappa shape index (κ1) is 18.4. The van der Waals surface area contributed by atoms with Crippen molar-refractivity contribution in [2.45, 2.75) is 45.1 Å². The molecule has 4 rings (SSSR count). The van der Waals surface area contributed by atoms with E-state index in [0.717, 1.165) is 37.8 Å². The van der Waals surface area contributed by atoms with Gasteiger partial charge in [0.2, 0.25) is 0 Å². The lowest BCUT2D eigenvalue weighted by atomic mass is 9.92. The highest BCUT2D eigenvalue weighted by Crippen LogP contribution is 2.38. The molecular weight excluding hydrogens is 362 g/mol. The summed E-state index contributed by atoms with van der Waals surface area (Å²) in [7, 11) is 0. The van der Waals surface area contributed by atoms with Gasteiger partial charge in [-0.1, -0.05) is 12.8 Å². The summed E-state index contributed by atoms with van der Waals surface area (Å²) >= 11 is 0. The molecule has 1 N–H and O–H groups in total. The van der Waals surface area contributed by atoms with Crippen LogP contribution in [0.5, 0.6) is 5.75 Å². The Balaban J connectivity index is 1.74. The zero-order chi connectivity index (χ0) is 19.8. The van der Waals surface area contributed by atoms with Crippen LogP contribution in [0.3, 0.4) is 0 Å². The van der Waals surface area contributed by atoms with Crippen molar-refractivity contribution in [2.75, 3.05) is 5.01 Å². The van der Waals surface area contributed by atoms with Crippen LogP contribution >= 0.6 is 0 Å². The number of nitriles is 1. The minimum atomic E-state index is -0.999. The van der Waals surface area contributed by atoms with Gasteiger partial charge in [0.25, 0.3) is 0 Å². The second-order valence-electron chi connectivity index (χ2n) is 7.41. The van der Waals surface area contributed by atoms with E-state index >= 15 is 0 Å². The van der Waals surface area contributed by atoms with Crippen molar-refractivity contribution in [3.05, 3.63) is 52.7 Å². The molecule has 28 heavy (non-hydrogen) atoms. The molecule has 2 heterocycles. The van der Waals surface area contributed by atoms with Gasteiger partial charge in [0.15, 0.2) is 17.4 Å². The minimum absolute atomic E-state index is 0.0530. The van der Waals surface area contributed by atoms with Gasteiger partial charge in [0, 0.05) is 12.0 Å². The van der Waals surface area contributed by atoms with E-state index in [2.05, 4.69) is 16.2 Å². The van der Waals surface area contributed by atoms with Crippen LogP contribution in [0.1, 0.15) is 48.9 Å². The van der Waals surface area contributed by atoms with Crippen LogP contribution in [-0.2, 0) is 0 Å². The summed E-state index contributed by atoms with van der Waals surface area (Å²) in [5.41, 5.74) is 2.02.